The molecular formula is C12H12Cl2O2. The lowest BCUT2D eigenvalue weighted by Gasteiger charge is -2.41. The van der Waals surface area contributed by atoms with E-state index in [0.717, 1.165) is 24.8 Å². The van der Waals surface area contributed by atoms with Gasteiger partial charge in [-0.2, -0.15) is 0 Å². The number of halogens is 2. The van der Waals surface area contributed by atoms with E-state index < -0.39 is 5.97 Å². The van der Waals surface area contributed by atoms with Gasteiger partial charge in [-0.1, -0.05) is 35.7 Å². The number of carbonyl (C=O) groups is 1. The van der Waals surface area contributed by atoms with Gasteiger partial charge >= 0.3 is 5.97 Å². The first-order valence-corrected chi connectivity index (χ1v) is 5.96. The fraction of sp³-hybridized carbons (Fsp3) is 0.417. The van der Waals surface area contributed by atoms with Gasteiger partial charge in [0.1, 0.15) is 0 Å². The number of hydrogen-bond donors (Lipinski definition) is 1. The summed E-state index contributed by atoms with van der Waals surface area (Å²) in [6, 6.07) is 5.42. The van der Waals surface area contributed by atoms with Crippen LogP contribution in [0.2, 0.25) is 10.0 Å². The average Bonchev–Trinajstić information content (AvgIpc) is 2.16. The molecule has 1 aliphatic rings. The van der Waals surface area contributed by atoms with Crippen LogP contribution in [0.5, 0.6) is 0 Å². The van der Waals surface area contributed by atoms with Gasteiger partial charge in [-0.15, -0.1) is 0 Å². The highest BCUT2D eigenvalue weighted by atomic mass is 35.5. The Morgan fingerprint density at radius 2 is 2.00 bits per heavy atom. The number of aliphatic carboxylic acids is 1. The topological polar surface area (TPSA) is 37.3 Å². The molecule has 0 unspecified atom stereocenters. The van der Waals surface area contributed by atoms with Crippen LogP contribution in [0.1, 0.15) is 31.2 Å². The smallest absolute Gasteiger partial charge is 0.304 e. The van der Waals surface area contributed by atoms with E-state index in [-0.39, 0.29) is 11.8 Å². The van der Waals surface area contributed by atoms with E-state index in [1.807, 2.05) is 6.07 Å². The van der Waals surface area contributed by atoms with Crippen LogP contribution in [-0.2, 0) is 10.2 Å². The Balaban J connectivity index is 2.33. The van der Waals surface area contributed by atoms with Gasteiger partial charge in [0, 0.05) is 5.41 Å². The third-order valence-electron chi connectivity index (χ3n) is 3.33. The zero-order valence-electron chi connectivity index (χ0n) is 8.67. The zero-order valence-corrected chi connectivity index (χ0v) is 10.2. The van der Waals surface area contributed by atoms with Crippen molar-refractivity contribution in [2.45, 2.75) is 31.1 Å². The van der Waals surface area contributed by atoms with Gasteiger partial charge in [-0.25, -0.2) is 0 Å². The van der Waals surface area contributed by atoms with Crippen LogP contribution < -0.4 is 0 Å². The van der Waals surface area contributed by atoms with Crippen LogP contribution in [0.3, 0.4) is 0 Å². The third-order valence-corrected chi connectivity index (χ3v) is 4.07. The quantitative estimate of drug-likeness (QED) is 0.894. The molecule has 0 atom stereocenters. The highest BCUT2D eigenvalue weighted by Gasteiger charge is 2.40. The zero-order chi connectivity index (χ0) is 11.8. The number of carboxylic acids is 1. The van der Waals surface area contributed by atoms with Crippen LogP contribution in [0.25, 0.3) is 0 Å². The van der Waals surface area contributed by atoms with Crippen molar-refractivity contribution in [3.05, 3.63) is 33.8 Å². The Labute approximate surface area is 104 Å². The van der Waals surface area contributed by atoms with E-state index in [1.165, 1.54) is 0 Å². The van der Waals surface area contributed by atoms with Crippen molar-refractivity contribution >= 4 is 29.2 Å². The Kier molecular flexibility index (Phi) is 3.13. The summed E-state index contributed by atoms with van der Waals surface area (Å²) in [5.74, 6) is -0.759. The molecule has 2 nitrogen and oxygen atoms in total. The second kappa shape index (κ2) is 4.27. The van der Waals surface area contributed by atoms with Gasteiger partial charge in [0.2, 0.25) is 0 Å². The van der Waals surface area contributed by atoms with E-state index in [9.17, 15) is 4.79 Å². The molecule has 1 aromatic rings. The monoisotopic (exact) mass is 258 g/mol. The predicted molar refractivity (Wildman–Crippen MR) is 64.2 cm³/mol. The summed E-state index contributed by atoms with van der Waals surface area (Å²) in [7, 11) is 0. The minimum absolute atomic E-state index is 0.172. The summed E-state index contributed by atoms with van der Waals surface area (Å²) in [4.78, 5) is 10.9. The maximum absolute atomic E-state index is 10.9. The summed E-state index contributed by atoms with van der Waals surface area (Å²) in [5, 5.41) is 9.95. The van der Waals surface area contributed by atoms with E-state index in [0.29, 0.717) is 10.0 Å². The van der Waals surface area contributed by atoms with E-state index in [1.54, 1.807) is 12.1 Å². The highest BCUT2D eigenvalue weighted by molar-refractivity contribution is 6.42. The molecule has 1 saturated carbocycles. The fourth-order valence-corrected chi connectivity index (χ4v) is 2.58. The van der Waals surface area contributed by atoms with Gasteiger partial charge in [-0.3, -0.25) is 4.79 Å². The molecule has 86 valence electrons. The van der Waals surface area contributed by atoms with Crippen molar-refractivity contribution in [2.24, 2.45) is 0 Å². The first kappa shape index (κ1) is 11.7. The summed E-state index contributed by atoms with van der Waals surface area (Å²) in [6.45, 7) is 0. The highest BCUT2D eigenvalue weighted by Crippen LogP contribution is 2.47. The normalized spacial score (nSPS) is 17.9. The molecule has 0 bridgehead atoms. The third kappa shape index (κ3) is 2.04. The average molecular weight is 259 g/mol. The van der Waals surface area contributed by atoms with Crippen molar-refractivity contribution in [3.8, 4) is 0 Å². The van der Waals surface area contributed by atoms with Gasteiger partial charge in [-0.05, 0) is 30.5 Å². The molecule has 1 N–H and O–H groups in total. The van der Waals surface area contributed by atoms with Gasteiger partial charge < -0.3 is 5.11 Å². The minimum Gasteiger partial charge on any atom is -0.481 e. The Bertz CT molecular complexity index is 425. The molecule has 1 aliphatic carbocycles. The number of carboxylic acid groups (broad SMARTS) is 1. The van der Waals surface area contributed by atoms with E-state index in [4.69, 9.17) is 28.3 Å². The molecule has 0 amide bonds. The molecule has 0 spiro atoms. The van der Waals surface area contributed by atoms with Crippen molar-refractivity contribution in [1.82, 2.24) is 0 Å². The molecule has 0 heterocycles. The Morgan fingerprint density at radius 1 is 1.31 bits per heavy atom. The van der Waals surface area contributed by atoms with Crippen LogP contribution in [0.4, 0.5) is 0 Å². The van der Waals surface area contributed by atoms with Gasteiger partial charge in [0.25, 0.3) is 0 Å². The van der Waals surface area contributed by atoms with E-state index >= 15 is 0 Å². The standard InChI is InChI=1S/C12H12Cl2O2/c13-9-3-2-8(6-10(9)14)12(4-1-5-12)7-11(15)16/h2-3,6H,1,4-5,7H2,(H,15,16). The van der Waals surface area contributed by atoms with Crippen LogP contribution >= 0.6 is 23.2 Å². The van der Waals surface area contributed by atoms with Crippen molar-refractivity contribution in [3.63, 3.8) is 0 Å². The van der Waals surface area contributed by atoms with Crippen molar-refractivity contribution in [2.75, 3.05) is 0 Å². The fourth-order valence-electron chi connectivity index (χ4n) is 2.29. The molecule has 0 aromatic heterocycles. The molecular weight excluding hydrogens is 247 g/mol. The molecule has 16 heavy (non-hydrogen) atoms. The molecule has 0 aliphatic heterocycles. The maximum Gasteiger partial charge on any atom is 0.304 e. The summed E-state index contributed by atoms with van der Waals surface area (Å²) >= 11 is 11.8. The van der Waals surface area contributed by atoms with Crippen LogP contribution in [-0.4, -0.2) is 11.1 Å². The van der Waals surface area contributed by atoms with E-state index in [2.05, 4.69) is 0 Å². The van der Waals surface area contributed by atoms with Crippen LogP contribution in [0, 0.1) is 0 Å². The second-order valence-corrected chi connectivity index (χ2v) is 5.15. The van der Waals surface area contributed by atoms with Gasteiger partial charge in [0.05, 0.1) is 16.5 Å². The first-order valence-electron chi connectivity index (χ1n) is 5.21. The SMILES string of the molecule is O=C(O)CC1(c2ccc(Cl)c(Cl)c2)CCC1. The Hall–Kier alpha value is -0.730. The first-order chi connectivity index (χ1) is 7.53. The number of rotatable bonds is 3. The Morgan fingerprint density at radius 3 is 2.44 bits per heavy atom. The van der Waals surface area contributed by atoms with Gasteiger partial charge in [0.15, 0.2) is 0 Å². The van der Waals surface area contributed by atoms with Crippen molar-refractivity contribution in [1.29, 1.82) is 0 Å². The molecule has 1 aromatic carbocycles. The number of benzene rings is 1. The second-order valence-electron chi connectivity index (χ2n) is 4.33. The van der Waals surface area contributed by atoms with Crippen molar-refractivity contribution < 1.29 is 9.90 Å². The minimum atomic E-state index is -0.759. The molecule has 0 radical (unpaired) electrons. The lowest BCUT2D eigenvalue weighted by molar-refractivity contribution is -0.139. The summed E-state index contributed by atoms with van der Waals surface area (Å²) in [5.41, 5.74) is 0.774. The molecule has 0 saturated heterocycles. The predicted octanol–water partition coefficient (Wildman–Crippen LogP) is 3.89. The number of hydrogen-bond acceptors (Lipinski definition) is 1. The molecule has 2 rings (SSSR count). The lowest BCUT2D eigenvalue weighted by Crippen LogP contribution is -2.36. The molecule has 1 fully saturated rings. The largest absolute Gasteiger partial charge is 0.481 e. The summed E-state index contributed by atoms with van der Waals surface area (Å²) < 4.78 is 0. The lowest BCUT2D eigenvalue weighted by atomic mass is 9.62. The van der Waals surface area contributed by atoms with Crippen LogP contribution in [0.15, 0.2) is 18.2 Å². The maximum atomic E-state index is 10.9. The summed E-state index contributed by atoms with van der Waals surface area (Å²) in [6.07, 6.45) is 3.08. The molecule has 4 heteroatoms.